The van der Waals surface area contributed by atoms with E-state index in [2.05, 4.69) is 11.8 Å². The minimum Gasteiger partial charge on any atom is -0.484 e. The van der Waals surface area contributed by atoms with Gasteiger partial charge >= 0.3 is 5.97 Å². The van der Waals surface area contributed by atoms with Crippen molar-refractivity contribution in [3.63, 3.8) is 0 Å². The minimum absolute atomic E-state index is 0.0367. The van der Waals surface area contributed by atoms with Crippen LogP contribution in [0.25, 0.3) is 0 Å². The van der Waals surface area contributed by atoms with E-state index in [1.807, 2.05) is 17.9 Å². The lowest BCUT2D eigenvalue weighted by molar-refractivity contribution is -0.139. The van der Waals surface area contributed by atoms with Gasteiger partial charge in [0.1, 0.15) is 11.6 Å². The summed E-state index contributed by atoms with van der Waals surface area (Å²) in [5.41, 5.74) is 1.91. The second kappa shape index (κ2) is 10.4. The molecule has 1 N–H and O–H groups in total. The largest absolute Gasteiger partial charge is 0.484 e. The van der Waals surface area contributed by atoms with Gasteiger partial charge in [0.15, 0.2) is 6.61 Å². The molecule has 31 heavy (non-hydrogen) atoms. The van der Waals surface area contributed by atoms with Crippen molar-refractivity contribution in [1.29, 1.82) is 0 Å². The lowest BCUT2D eigenvalue weighted by atomic mass is 10.1. The highest BCUT2D eigenvalue weighted by atomic mass is 19.1. The van der Waals surface area contributed by atoms with Gasteiger partial charge in [-0.05, 0) is 55.7 Å². The van der Waals surface area contributed by atoms with Gasteiger partial charge in [0.2, 0.25) is 0 Å². The highest BCUT2D eigenvalue weighted by Crippen LogP contribution is 2.20. The van der Waals surface area contributed by atoms with Gasteiger partial charge in [-0.2, -0.15) is 0 Å². The van der Waals surface area contributed by atoms with Crippen molar-refractivity contribution in [3.8, 4) is 5.75 Å². The van der Waals surface area contributed by atoms with Crippen molar-refractivity contribution in [2.24, 2.45) is 0 Å². The number of hydrogen-bond acceptors (Lipinski definition) is 4. The molecule has 6 nitrogen and oxygen atoms in total. The number of ether oxygens (including phenoxy) is 1. The topological polar surface area (TPSA) is 70.1 Å². The van der Waals surface area contributed by atoms with E-state index in [0.29, 0.717) is 25.3 Å². The maximum absolute atomic E-state index is 13.1. The smallest absolute Gasteiger partial charge is 0.303 e. The van der Waals surface area contributed by atoms with E-state index in [0.717, 1.165) is 17.7 Å². The monoisotopic (exact) mass is 428 g/mol. The van der Waals surface area contributed by atoms with E-state index < -0.39 is 5.97 Å². The van der Waals surface area contributed by atoms with Gasteiger partial charge in [-0.15, -0.1) is 0 Å². The van der Waals surface area contributed by atoms with E-state index in [1.165, 1.54) is 12.1 Å². The quantitative estimate of drug-likeness (QED) is 0.698. The number of carbonyl (C=O) groups is 2. The highest BCUT2D eigenvalue weighted by molar-refractivity contribution is 5.78. The molecule has 2 atom stereocenters. The van der Waals surface area contributed by atoms with Crippen LogP contribution in [-0.4, -0.2) is 58.6 Å². The van der Waals surface area contributed by atoms with Crippen LogP contribution in [-0.2, 0) is 22.6 Å². The fourth-order valence-electron chi connectivity index (χ4n) is 3.86. The van der Waals surface area contributed by atoms with Crippen LogP contribution in [0.3, 0.4) is 0 Å². The molecular weight excluding hydrogens is 399 g/mol. The Labute approximate surface area is 182 Å². The van der Waals surface area contributed by atoms with Gasteiger partial charge in [0.25, 0.3) is 5.91 Å². The maximum Gasteiger partial charge on any atom is 0.303 e. The van der Waals surface area contributed by atoms with Crippen LogP contribution in [0.15, 0.2) is 48.5 Å². The number of rotatable bonds is 8. The molecule has 1 saturated heterocycles. The Morgan fingerprint density at radius 3 is 2.52 bits per heavy atom. The van der Waals surface area contributed by atoms with Gasteiger partial charge in [-0.1, -0.05) is 24.3 Å². The molecule has 0 saturated carbocycles. The summed E-state index contributed by atoms with van der Waals surface area (Å²) in [6.45, 7) is 6.10. The van der Waals surface area contributed by atoms with Crippen molar-refractivity contribution < 1.29 is 23.8 Å². The van der Waals surface area contributed by atoms with Gasteiger partial charge in [0, 0.05) is 38.1 Å². The predicted molar refractivity (Wildman–Crippen MR) is 115 cm³/mol. The van der Waals surface area contributed by atoms with Crippen molar-refractivity contribution in [2.75, 3.05) is 19.7 Å². The van der Waals surface area contributed by atoms with Crippen LogP contribution < -0.4 is 4.74 Å². The minimum atomic E-state index is -0.844. The third kappa shape index (κ3) is 6.52. The molecule has 1 amide bonds. The molecule has 1 aliphatic heterocycles. The molecule has 1 heterocycles. The average Bonchev–Trinajstić information content (AvgIpc) is 2.74. The van der Waals surface area contributed by atoms with Crippen molar-refractivity contribution in [3.05, 3.63) is 65.5 Å². The number of carboxylic acids is 1. The number of aryl methyl sites for hydroxylation is 1. The molecule has 166 valence electrons. The molecule has 0 radical (unpaired) electrons. The van der Waals surface area contributed by atoms with E-state index in [1.54, 1.807) is 30.3 Å². The summed E-state index contributed by atoms with van der Waals surface area (Å²) in [6.07, 6.45) is 0.477. The zero-order chi connectivity index (χ0) is 22.4. The Hall–Kier alpha value is -2.93. The number of nitrogens with zero attached hydrogens (tertiary/aromatic N) is 2. The Bertz CT molecular complexity index is 903. The third-order valence-corrected chi connectivity index (χ3v) is 5.62. The first kappa shape index (κ1) is 22.7. The molecule has 1 aliphatic rings. The zero-order valence-electron chi connectivity index (χ0n) is 18.0. The summed E-state index contributed by atoms with van der Waals surface area (Å²) in [4.78, 5) is 27.7. The van der Waals surface area contributed by atoms with Gasteiger partial charge in [0.05, 0.1) is 0 Å². The van der Waals surface area contributed by atoms with Crippen LogP contribution in [0.1, 0.15) is 31.4 Å². The van der Waals surface area contributed by atoms with Gasteiger partial charge in [-0.3, -0.25) is 14.5 Å². The van der Waals surface area contributed by atoms with Crippen LogP contribution >= 0.6 is 0 Å². The first-order valence-electron chi connectivity index (χ1n) is 10.5. The molecule has 0 bridgehead atoms. The number of carbonyl (C=O) groups excluding carboxylic acids is 1. The van der Waals surface area contributed by atoms with Crippen LogP contribution in [0.4, 0.5) is 4.39 Å². The second-order valence-electron chi connectivity index (χ2n) is 8.13. The van der Waals surface area contributed by atoms with Crippen LogP contribution in [0.5, 0.6) is 5.75 Å². The molecule has 2 aromatic carbocycles. The molecule has 3 rings (SSSR count). The summed E-state index contributed by atoms with van der Waals surface area (Å²) in [5.74, 6) is -0.597. The second-order valence-corrected chi connectivity index (χ2v) is 8.13. The predicted octanol–water partition coefficient (Wildman–Crippen LogP) is 3.34. The third-order valence-electron chi connectivity index (χ3n) is 5.62. The lowest BCUT2D eigenvalue weighted by Crippen LogP contribution is -2.58. The number of carboxylic acid groups (broad SMARTS) is 1. The summed E-state index contributed by atoms with van der Waals surface area (Å²) in [6, 6.07) is 13.9. The normalized spacial score (nSPS) is 19.3. The van der Waals surface area contributed by atoms with Crippen LogP contribution in [0, 0.1) is 5.82 Å². The van der Waals surface area contributed by atoms with E-state index in [9.17, 15) is 14.0 Å². The Balaban J connectivity index is 1.52. The van der Waals surface area contributed by atoms with Gasteiger partial charge < -0.3 is 14.7 Å². The first-order chi connectivity index (χ1) is 14.8. The van der Waals surface area contributed by atoms with Crippen molar-refractivity contribution >= 4 is 11.9 Å². The number of aliphatic carboxylic acids is 1. The summed E-state index contributed by atoms with van der Waals surface area (Å²) < 4.78 is 18.8. The van der Waals surface area contributed by atoms with Crippen molar-refractivity contribution in [1.82, 2.24) is 9.80 Å². The molecule has 0 aliphatic carbocycles. The van der Waals surface area contributed by atoms with Crippen molar-refractivity contribution in [2.45, 2.75) is 45.3 Å². The molecule has 0 aromatic heterocycles. The summed E-state index contributed by atoms with van der Waals surface area (Å²) in [5, 5.41) is 8.82. The van der Waals surface area contributed by atoms with Gasteiger partial charge in [-0.25, -0.2) is 4.39 Å². The highest BCUT2D eigenvalue weighted by Gasteiger charge is 2.32. The molecule has 2 aromatic rings. The Morgan fingerprint density at radius 1 is 1.06 bits per heavy atom. The fourth-order valence-corrected chi connectivity index (χ4v) is 3.86. The number of halogens is 1. The first-order valence-corrected chi connectivity index (χ1v) is 10.5. The molecule has 7 heteroatoms. The maximum atomic E-state index is 13.1. The molecular formula is C24H29FN2O4. The van der Waals surface area contributed by atoms with E-state index in [-0.39, 0.29) is 36.8 Å². The number of benzene rings is 2. The SMILES string of the molecule is CC1CN(C(=O)COc2cccc(CCC(=O)O)c2)C(C)CN1Cc1ccc(F)cc1. The summed E-state index contributed by atoms with van der Waals surface area (Å²) in [7, 11) is 0. The fraction of sp³-hybridized carbons (Fsp3) is 0.417. The Morgan fingerprint density at radius 2 is 1.81 bits per heavy atom. The average molecular weight is 429 g/mol. The molecule has 2 unspecified atom stereocenters. The number of hydrogen-bond donors (Lipinski definition) is 1. The number of piperazine rings is 1. The lowest BCUT2D eigenvalue weighted by Gasteiger charge is -2.44. The standard InChI is InChI=1S/C24H29FN2O4/c1-17-14-27(18(2)13-26(17)15-20-6-9-21(25)10-7-20)23(28)16-31-22-5-3-4-19(12-22)8-11-24(29)30/h3-7,9-10,12,17-18H,8,11,13-16H2,1-2H3,(H,29,30). The summed E-state index contributed by atoms with van der Waals surface area (Å²) >= 11 is 0. The Kier molecular flexibility index (Phi) is 7.63. The van der Waals surface area contributed by atoms with E-state index in [4.69, 9.17) is 9.84 Å². The number of amides is 1. The van der Waals surface area contributed by atoms with E-state index >= 15 is 0 Å². The zero-order valence-corrected chi connectivity index (χ0v) is 18.0. The molecule has 0 spiro atoms. The van der Waals surface area contributed by atoms with Crippen LogP contribution in [0.2, 0.25) is 0 Å². The molecule has 1 fully saturated rings.